The molecule has 1 aromatic heterocycles. The van der Waals surface area contributed by atoms with Crippen molar-refractivity contribution < 1.29 is 24.2 Å². The van der Waals surface area contributed by atoms with Gasteiger partial charge in [-0.05, 0) is 95.2 Å². The van der Waals surface area contributed by atoms with Crippen LogP contribution in [0.15, 0.2) is 60.3 Å². The quantitative estimate of drug-likeness (QED) is 0.201. The Morgan fingerprint density at radius 2 is 1.80 bits per heavy atom. The van der Waals surface area contributed by atoms with E-state index in [1.807, 2.05) is 57.2 Å². The van der Waals surface area contributed by atoms with Crippen LogP contribution in [0.4, 0.5) is 4.79 Å². The summed E-state index contributed by atoms with van der Waals surface area (Å²) in [6, 6.07) is 6.42. The van der Waals surface area contributed by atoms with Crippen molar-refractivity contribution in [1.82, 2.24) is 14.8 Å². The van der Waals surface area contributed by atoms with Gasteiger partial charge in [0.05, 0.1) is 0 Å². The second kappa shape index (κ2) is 17.3. The lowest BCUT2D eigenvalue weighted by molar-refractivity contribution is -0.150. The van der Waals surface area contributed by atoms with Crippen molar-refractivity contribution in [1.29, 1.82) is 0 Å². The van der Waals surface area contributed by atoms with Crippen LogP contribution in [0.1, 0.15) is 104 Å². The Hall–Kier alpha value is -2.97. The Balaban J connectivity index is 1.45. The third kappa shape index (κ3) is 10.5. The van der Waals surface area contributed by atoms with Crippen molar-refractivity contribution in [2.24, 2.45) is 11.8 Å². The van der Waals surface area contributed by atoms with Gasteiger partial charge >= 0.3 is 12.1 Å². The largest absolute Gasteiger partial charge is 0.457 e. The zero-order valence-electron chi connectivity index (χ0n) is 28.8. The topological polar surface area (TPSA) is 92.2 Å². The lowest BCUT2D eigenvalue weighted by Crippen LogP contribution is -2.49. The first kappa shape index (κ1) is 35.9. The van der Waals surface area contributed by atoms with E-state index in [2.05, 4.69) is 22.9 Å². The van der Waals surface area contributed by atoms with Crippen LogP contribution in [0, 0.1) is 11.8 Å². The molecule has 0 aliphatic carbocycles. The molecule has 4 rings (SSSR count). The SMILES string of the molecule is C/C(=C\C=C\[C@@H](C)c1ccccn1)[C@H]1OC(=O)C[C@H](C)CC[C@@](C)(O)[C@@H](OC(=O)N2CCC(N3CCCCCC3)CC2)/C=C/[C@@H]1C. The number of amides is 1. The molecule has 8 nitrogen and oxygen atoms in total. The fourth-order valence-corrected chi connectivity index (χ4v) is 6.89. The number of likely N-dealkylation sites (tertiary alicyclic amines) is 2. The average Bonchev–Trinajstić information content (AvgIpc) is 3.34. The molecule has 3 aliphatic rings. The molecule has 1 aromatic rings. The zero-order chi connectivity index (χ0) is 33.1. The minimum atomic E-state index is -1.28. The summed E-state index contributed by atoms with van der Waals surface area (Å²) < 4.78 is 12.1. The number of hydrogen-bond donors (Lipinski definition) is 1. The smallest absolute Gasteiger partial charge is 0.410 e. The van der Waals surface area contributed by atoms with Gasteiger partial charge in [-0.1, -0.05) is 64.0 Å². The summed E-state index contributed by atoms with van der Waals surface area (Å²) in [4.78, 5) is 35.3. The Labute approximate surface area is 276 Å². The van der Waals surface area contributed by atoms with Crippen LogP contribution in [-0.4, -0.2) is 82.0 Å². The van der Waals surface area contributed by atoms with Crippen LogP contribution in [0.5, 0.6) is 0 Å². The number of rotatable bonds is 6. The molecule has 0 radical (unpaired) electrons. The van der Waals surface area contributed by atoms with Crippen LogP contribution in [0.25, 0.3) is 0 Å². The van der Waals surface area contributed by atoms with Crippen molar-refractivity contribution in [3.8, 4) is 0 Å². The third-order valence-electron chi connectivity index (χ3n) is 10.1. The second-order valence-electron chi connectivity index (χ2n) is 14.2. The van der Waals surface area contributed by atoms with Crippen molar-refractivity contribution >= 4 is 12.1 Å². The summed E-state index contributed by atoms with van der Waals surface area (Å²) in [6.45, 7) is 13.4. The lowest BCUT2D eigenvalue weighted by Gasteiger charge is -2.39. The highest BCUT2D eigenvalue weighted by Gasteiger charge is 2.37. The van der Waals surface area contributed by atoms with Gasteiger partial charge < -0.3 is 24.4 Å². The Morgan fingerprint density at radius 1 is 1.09 bits per heavy atom. The molecule has 4 heterocycles. The van der Waals surface area contributed by atoms with Gasteiger partial charge in [0.1, 0.15) is 11.7 Å². The monoisotopic (exact) mass is 635 g/mol. The van der Waals surface area contributed by atoms with E-state index in [0.717, 1.165) is 37.2 Å². The molecule has 0 aromatic carbocycles. The first-order chi connectivity index (χ1) is 22.0. The number of carbonyl (C=O) groups is 2. The van der Waals surface area contributed by atoms with Crippen molar-refractivity contribution in [2.75, 3.05) is 26.2 Å². The predicted octanol–water partition coefficient (Wildman–Crippen LogP) is 7.21. The summed E-state index contributed by atoms with van der Waals surface area (Å²) in [5, 5.41) is 11.6. The number of aliphatic hydroxyl groups is 1. The van der Waals surface area contributed by atoms with Crippen molar-refractivity contribution in [3.63, 3.8) is 0 Å². The molecule has 3 aliphatic heterocycles. The normalized spacial score (nSPS) is 31.3. The highest BCUT2D eigenvalue weighted by molar-refractivity contribution is 5.70. The minimum absolute atomic E-state index is 0.0103. The molecule has 2 fully saturated rings. The maximum atomic E-state index is 13.5. The minimum Gasteiger partial charge on any atom is -0.457 e. The van der Waals surface area contributed by atoms with Crippen LogP contribution >= 0.6 is 0 Å². The van der Waals surface area contributed by atoms with Crippen molar-refractivity contribution in [3.05, 3.63) is 66.0 Å². The standard InChI is InChI=1S/C38H57N3O5/c1-28-18-21-38(5,44)34(45-37(43)41-25-19-32(20-26-41)40-23-10-6-7-11-24-40)17-16-31(4)36(46-35(42)27-28)30(3)14-12-13-29(2)33-15-8-9-22-39-33/h8-9,12-17,22,28-29,31-32,34,36,44H,6-7,10-11,18-21,23-27H2,1-5H3/b13-12+,17-16+,30-14+/t28-,29-,31+,34+,36-,38-/m1/s1. The van der Waals surface area contributed by atoms with E-state index in [1.54, 1.807) is 24.1 Å². The number of cyclic esters (lactones) is 1. The number of carbonyl (C=O) groups excluding carboxylic acids is 2. The second-order valence-corrected chi connectivity index (χ2v) is 14.2. The number of ether oxygens (including phenoxy) is 2. The summed E-state index contributed by atoms with van der Waals surface area (Å²) in [7, 11) is 0. The fraction of sp³-hybridized carbons (Fsp3) is 0.658. The lowest BCUT2D eigenvalue weighted by atomic mass is 9.87. The molecule has 0 unspecified atom stereocenters. The van der Waals surface area contributed by atoms with E-state index < -0.39 is 17.8 Å². The van der Waals surface area contributed by atoms with Gasteiger partial charge in [0.15, 0.2) is 6.10 Å². The zero-order valence-corrected chi connectivity index (χ0v) is 28.8. The van der Waals surface area contributed by atoms with Gasteiger partial charge in [-0.15, -0.1) is 0 Å². The van der Waals surface area contributed by atoms with Gasteiger partial charge in [0, 0.05) is 49.3 Å². The summed E-state index contributed by atoms with van der Waals surface area (Å²) >= 11 is 0. The number of aromatic nitrogens is 1. The predicted molar refractivity (Wildman–Crippen MR) is 182 cm³/mol. The molecule has 2 saturated heterocycles. The molecule has 8 heteroatoms. The van der Waals surface area contributed by atoms with Gasteiger partial charge in [0.2, 0.25) is 0 Å². The average molecular weight is 636 g/mol. The Kier molecular flexibility index (Phi) is 13.5. The van der Waals surface area contributed by atoms with E-state index in [1.165, 1.54) is 25.7 Å². The molecule has 1 amide bonds. The number of pyridine rings is 1. The maximum absolute atomic E-state index is 13.5. The number of nitrogens with zero attached hydrogens (tertiary/aromatic N) is 3. The third-order valence-corrected chi connectivity index (χ3v) is 10.1. The van der Waals surface area contributed by atoms with E-state index in [4.69, 9.17) is 9.47 Å². The van der Waals surface area contributed by atoms with Crippen LogP contribution in [0.3, 0.4) is 0 Å². The summed E-state index contributed by atoms with van der Waals surface area (Å²) in [5.41, 5.74) is 0.618. The van der Waals surface area contributed by atoms with E-state index in [0.29, 0.717) is 32.0 Å². The maximum Gasteiger partial charge on any atom is 0.410 e. The van der Waals surface area contributed by atoms with E-state index >= 15 is 0 Å². The highest BCUT2D eigenvalue weighted by Crippen LogP contribution is 2.29. The van der Waals surface area contributed by atoms with Crippen LogP contribution in [-0.2, 0) is 14.3 Å². The molecule has 1 N–H and O–H groups in total. The van der Waals surface area contributed by atoms with Gasteiger partial charge in [0.25, 0.3) is 0 Å². The van der Waals surface area contributed by atoms with Gasteiger partial charge in [-0.3, -0.25) is 9.78 Å². The molecule has 6 atom stereocenters. The molecule has 0 spiro atoms. The molecular weight excluding hydrogens is 578 g/mol. The van der Waals surface area contributed by atoms with Gasteiger partial charge in [-0.25, -0.2) is 4.79 Å². The number of hydrogen-bond acceptors (Lipinski definition) is 7. The summed E-state index contributed by atoms with van der Waals surface area (Å²) in [5.74, 6) is -0.308. The van der Waals surface area contributed by atoms with E-state index in [9.17, 15) is 14.7 Å². The molecule has 0 saturated carbocycles. The number of piperidine rings is 1. The molecule has 254 valence electrons. The van der Waals surface area contributed by atoms with E-state index in [-0.39, 0.29) is 36.2 Å². The van der Waals surface area contributed by atoms with Gasteiger partial charge in [-0.2, -0.15) is 0 Å². The fourth-order valence-electron chi connectivity index (χ4n) is 6.89. The van der Waals surface area contributed by atoms with Crippen LogP contribution in [0.2, 0.25) is 0 Å². The first-order valence-electron chi connectivity index (χ1n) is 17.6. The molecule has 46 heavy (non-hydrogen) atoms. The number of esters is 1. The molecule has 0 bridgehead atoms. The van der Waals surface area contributed by atoms with Crippen LogP contribution < -0.4 is 0 Å². The Bertz CT molecular complexity index is 1200. The Morgan fingerprint density at radius 3 is 2.48 bits per heavy atom. The number of allylic oxidation sites excluding steroid dienone is 3. The highest BCUT2D eigenvalue weighted by atomic mass is 16.6. The summed E-state index contributed by atoms with van der Waals surface area (Å²) in [6.07, 6.45) is 18.2. The first-order valence-corrected chi connectivity index (χ1v) is 17.6. The molecular formula is C38H57N3O5. The van der Waals surface area contributed by atoms with Crippen molar-refractivity contribution in [2.45, 2.75) is 122 Å².